The summed E-state index contributed by atoms with van der Waals surface area (Å²) in [4.78, 5) is 0. The summed E-state index contributed by atoms with van der Waals surface area (Å²) >= 11 is 0. The van der Waals surface area contributed by atoms with Crippen molar-refractivity contribution < 1.29 is 26.8 Å². The molecule has 0 amide bonds. The van der Waals surface area contributed by atoms with Gasteiger partial charge in [-0.3, -0.25) is 6.58 Å². The summed E-state index contributed by atoms with van der Waals surface area (Å²) in [5.41, 5.74) is 1.04. The van der Waals surface area contributed by atoms with Gasteiger partial charge in [0.1, 0.15) is 0 Å². The van der Waals surface area contributed by atoms with Crippen LogP contribution in [-0.4, -0.2) is 47.0 Å². The largest absolute Gasteiger partial charge is 2.00 e. The third-order valence-corrected chi connectivity index (χ3v) is 1.14. The number of aliphatic hydroxyl groups is 1. The molecule has 0 radical (unpaired) electrons. The minimum Gasteiger partial charge on any atom is -1.00 e. The van der Waals surface area contributed by atoms with E-state index in [4.69, 9.17) is 9.84 Å². The second kappa shape index (κ2) is 18.0. The van der Waals surface area contributed by atoms with Crippen LogP contribution in [0, 0.1) is 6.08 Å². The molecule has 1 aliphatic heterocycles. The van der Waals surface area contributed by atoms with E-state index < -0.39 is 0 Å². The molecule has 0 aromatic rings. The first-order chi connectivity index (χ1) is 6.43. The number of ether oxygens (including phenoxy) is 1. The Hall–Kier alpha value is 0.646. The van der Waals surface area contributed by atoms with Crippen molar-refractivity contribution in [3.8, 4) is 0 Å². The SMILES string of the molecule is C=C(C)C[C@@H](C)O.C=[C-]C.C[C@@H]1CO1.[Br-].[Mg+2]. The van der Waals surface area contributed by atoms with E-state index in [0.717, 1.165) is 18.6 Å². The predicted octanol–water partition coefficient (Wildman–Crippen LogP) is -0.643. The van der Waals surface area contributed by atoms with Gasteiger partial charge in [0, 0.05) is 0 Å². The molecule has 0 bridgehead atoms. The molecule has 92 valence electrons. The summed E-state index contributed by atoms with van der Waals surface area (Å²) in [6.07, 6.45) is 3.58. The van der Waals surface area contributed by atoms with Crippen molar-refractivity contribution in [1.82, 2.24) is 0 Å². The van der Waals surface area contributed by atoms with Gasteiger partial charge < -0.3 is 32.9 Å². The fourth-order valence-corrected chi connectivity index (χ4v) is 0.601. The number of epoxide rings is 1. The summed E-state index contributed by atoms with van der Waals surface area (Å²) in [7, 11) is 0. The second-order valence-electron chi connectivity index (χ2n) is 3.51. The van der Waals surface area contributed by atoms with Gasteiger partial charge in [-0.25, -0.2) is 0 Å². The van der Waals surface area contributed by atoms with Gasteiger partial charge in [0.15, 0.2) is 0 Å². The molecule has 2 atom stereocenters. The molecule has 0 aromatic carbocycles. The Morgan fingerprint density at radius 2 is 1.88 bits per heavy atom. The standard InChI is InChI=1S/C6H12O.C3H6O.C3H5.BrH.Mg/c1-5(2)4-6(3)7;1-3-2-4-3;1-3-2;;/h6-7H,1,4H2,2-3H3;3H,2H2,1H3;1H2,2H3;1H;/q;;-1;;+2/p-1/t6-;3-;;;/m11.../s1. The number of rotatable bonds is 2. The average molecular weight is 304 g/mol. The van der Waals surface area contributed by atoms with E-state index in [1.807, 2.05) is 6.92 Å². The van der Waals surface area contributed by atoms with Crippen molar-refractivity contribution in [1.29, 1.82) is 0 Å². The molecule has 1 N–H and O–H groups in total. The van der Waals surface area contributed by atoms with Crippen LogP contribution in [0.25, 0.3) is 0 Å². The number of hydrogen-bond acceptors (Lipinski definition) is 2. The number of hydrogen-bond donors (Lipinski definition) is 1. The van der Waals surface area contributed by atoms with Crippen LogP contribution in [0.3, 0.4) is 0 Å². The maximum Gasteiger partial charge on any atom is 2.00 e. The zero-order chi connectivity index (χ0) is 11.6. The molecule has 0 unspecified atom stereocenters. The summed E-state index contributed by atoms with van der Waals surface area (Å²) < 4.78 is 4.71. The number of halogens is 1. The van der Waals surface area contributed by atoms with Gasteiger partial charge in [0.2, 0.25) is 0 Å². The van der Waals surface area contributed by atoms with Crippen molar-refractivity contribution in [3.05, 3.63) is 24.8 Å². The van der Waals surface area contributed by atoms with E-state index >= 15 is 0 Å². The first kappa shape index (κ1) is 25.5. The number of aliphatic hydroxyl groups excluding tert-OH is 1. The zero-order valence-corrected chi connectivity index (χ0v) is 13.9. The third kappa shape index (κ3) is 46.7. The Morgan fingerprint density at radius 3 is 1.88 bits per heavy atom. The van der Waals surface area contributed by atoms with Gasteiger partial charge in [-0.1, -0.05) is 5.57 Å². The maximum absolute atomic E-state index is 8.66. The summed E-state index contributed by atoms with van der Waals surface area (Å²) in [5.74, 6) is 0. The molecule has 0 saturated carbocycles. The van der Waals surface area contributed by atoms with Gasteiger partial charge >= 0.3 is 23.1 Å². The fourth-order valence-electron chi connectivity index (χ4n) is 0.601. The Kier molecular flexibility index (Phi) is 28.7. The first-order valence-corrected chi connectivity index (χ1v) is 4.81. The zero-order valence-electron chi connectivity index (χ0n) is 10.9. The molecule has 0 aromatic heterocycles. The smallest absolute Gasteiger partial charge is 1.00 e. The van der Waals surface area contributed by atoms with Crippen LogP contribution in [0.15, 0.2) is 18.7 Å². The molecular weight excluding hydrogens is 280 g/mol. The van der Waals surface area contributed by atoms with E-state index in [2.05, 4.69) is 26.2 Å². The minimum atomic E-state index is -0.225. The van der Waals surface area contributed by atoms with Crippen LogP contribution in [-0.2, 0) is 4.74 Å². The van der Waals surface area contributed by atoms with Crippen molar-refractivity contribution >= 4 is 23.1 Å². The summed E-state index contributed by atoms with van der Waals surface area (Å²) in [5, 5.41) is 8.66. The van der Waals surface area contributed by atoms with Crippen molar-refractivity contribution in [3.63, 3.8) is 0 Å². The van der Waals surface area contributed by atoms with Gasteiger partial charge in [-0.2, -0.15) is 6.92 Å². The third-order valence-electron chi connectivity index (χ3n) is 1.14. The minimum absolute atomic E-state index is 0. The average Bonchev–Trinajstić information content (AvgIpc) is 2.70. The Balaban J connectivity index is -0.0000000692. The number of allylic oxidation sites excluding steroid dienone is 1. The molecule has 1 saturated heterocycles. The maximum atomic E-state index is 8.66. The molecule has 2 nitrogen and oxygen atoms in total. The van der Waals surface area contributed by atoms with Crippen LogP contribution >= 0.6 is 0 Å². The van der Waals surface area contributed by atoms with E-state index in [1.54, 1.807) is 13.8 Å². The van der Waals surface area contributed by atoms with Crippen LogP contribution in [0.1, 0.15) is 34.1 Å². The van der Waals surface area contributed by atoms with Crippen LogP contribution < -0.4 is 17.0 Å². The second-order valence-corrected chi connectivity index (χ2v) is 3.51. The molecule has 4 heteroatoms. The summed E-state index contributed by atoms with van der Waals surface area (Å²) in [6.45, 7) is 15.3. The van der Waals surface area contributed by atoms with Crippen LogP contribution in [0.4, 0.5) is 0 Å². The molecule has 1 aliphatic rings. The fraction of sp³-hybridized carbons (Fsp3) is 0.667. The Morgan fingerprint density at radius 1 is 1.62 bits per heavy atom. The van der Waals surface area contributed by atoms with Crippen molar-refractivity contribution in [2.45, 2.75) is 46.3 Å². The van der Waals surface area contributed by atoms with E-state index in [-0.39, 0.29) is 46.1 Å². The van der Waals surface area contributed by atoms with Gasteiger partial charge in [-0.05, 0) is 27.2 Å². The van der Waals surface area contributed by atoms with Gasteiger partial charge in [-0.15, -0.1) is 6.58 Å². The summed E-state index contributed by atoms with van der Waals surface area (Å²) in [6, 6.07) is 0. The predicted molar refractivity (Wildman–Crippen MR) is 66.8 cm³/mol. The van der Waals surface area contributed by atoms with Crippen molar-refractivity contribution in [2.24, 2.45) is 0 Å². The van der Waals surface area contributed by atoms with Crippen molar-refractivity contribution in [2.75, 3.05) is 6.61 Å². The topological polar surface area (TPSA) is 32.8 Å². The molecule has 1 fully saturated rings. The molecular formula is C12H23BrMgO2. The van der Waals surface area contributed by atoms with E-state index in [1.165, 1.54) is 0 Å². The van der Waals surface area contributed by atoms with E-state index in [9.17, 15) is 0 Å². The van der Waals surface area contributed by atoms with Gasteiger partial charge in [0.05, 0.1) is 18.8 Å². The molecule has 16 heavy (non-hydrogen) atoms. The van der Waals surface area contributed by atoms with Crippen LogP contribution in [0.2, 0.25) is 0 Å². The Bertz CT molecular complexity index is 157. The Labute approximate surface area is 127 Å². The molecule has 0 aliphatic carbocycles. The molecule has 0 spiro atoms. The van der Waals surface area contributed by atoms with Crippen LogP contribution in [0.5, 0.6) is 0 Å². The monoisotopic (exact) mass is 302 g/mol. The molecule has 1 heterocycles. The normalized spacial score (nSPS) is 16.7. The van der Waals surface area contributed by atoms with E-state index in [0.29, 0.717) is 6.10 Å². The molecule has 1 rings (SSSR count). The van der Waals surface area contributed by atoms with Gasteiger partial charge in [0.25, 0.3) is 0 Å². The first-order valence-electron chi connectivity index (χ1n) is 4.81. The quantitative estimate of drug-likeness (QED) is 0.318.